The van der Waals surface area contributed by atoms with Crippen LogP contribution in [0.2, 0.25) is 0 Å². The van der Waals surface area contributed by atoms with Gasteiger partial charge in [0.05, 0.1) is 7.11 Å². The molecule has 0 aliphatic heterocycles. The van der Waals surface area contributed by atoms with Gasteiger partial charge in [0.25, 0.3) is 5.91 Å². The van der Waals surface area contributed by atoms with E-state index in [0.29, 0.717) is 12.1 Å². The zero-order valence-electron chi connectivity index (χ0n) is 10.6. The fraction of sp³-hybridized carbons (Fsp3) is 0.133. The van der Waals surface area contributed by atoms with Crippen molar-refractivity contribution in [1.29, 1.82) is 0 Å². The summed E-state index contributed by atoms with van der Waals surface area (Å²) in [5, 5.41) is 2.87. The summed E-state index contributed by atoms with van der Waals surface area (Å²) >= 11 is 4.19. The number of hydrogen-bond donors (Lipinski definition) is 2. The van der Waals surface area contributed by atoms with Crippen LogP contribution < -0.4 is 10.1 Å². The molecule has 0 aliphatic rings. The van der Waals surface area contributed by atoms with E-state index in [0.717, 1.165) is 16.2 Å². The number of thiol groups is 1. The van der Waals surface area contributed by atoms with Crippen molar-refractivity contribution >= 4 is 18.5 Å². The molecule has 1 amide bonds. The van der Waals surface area contributed by atoms with E-state index < -0.39 is 0 Å². The number of amides is 1. The Labute approximate surface area is 118 Å². The molecule has 2 aromatic rings. The number of benzene rings is 2. The van der Waals surface area contributed by atoms with E-state index in [-0.39, 0.29) is 5.91 Å². The van der Waals surface area contributed by atoms with Crippen molar-refractivity contribution in [3.63, 3.8) is 0 Å². The van der Waals surface area contributed by atoms with Gasteiger partial charge in [0.2, 0.25) is 0 Å². The maximum absolute atomic E-state index is 11.9. The minimum atomic E-state index is -0.101. The molecule has 2 aromatic carbocycles. The molecule has 0 heterocycles. The number of rotatable bonds is 4. The quantitative estimate of drug-likeness (QED) is 0.841. The Hall–Kier alpha value is -1.94. The third kappa shape index (κ3) is 3.76. The van der Waals surface area contributed by atoms with Crippen molar-refractivity contribution in [2.45, 2.75) is 11.4 Å². The molecule has 4 heteroatoms. The maximum Gasteiger partial charge on any atom is 0.251 e. The third-order valence-electron chi connectivity index (χ3n) is 2.72. The Morgan fingerprint density at radius 1 is 1.21 bits per heavy atom. The first-order chi connectivity index (χ1) is 9.19. The van der Waals surface area contributed by atoms with E-state index in [4.69, 9.17) is 4.74 Å². The number of ether oxygens (including phenoxy) is 1. The lowest BCUT2D eigenvalue weighted by Gasteiger charge is -2.07. The number of nitrogens with one attached hydrogen (secondary N) is 1. The number of carbonyl (C=O) groups is 1. The molecular weight excluding hydrogens is 258 g/mol. The Balaban J connectivity index is 1.98. The van der Waals surface area contributed by atoms with Crippen LogP contribution in [-0.2, 0) is 6.54 Å². The van der Waals surface area contributed by atoms with Crippen LogP contribution >= 0.6 is 12.6 Å². The number of carbonyl (C=O) groups excluding carboxylic acids is 1. The maximum atomic E-state index is 11.9. The molecule has 0 aromatic heterocycles. The summed E-state index contributed by atoms with van der Waals surface area (Å²) in [7, 11) is 1.62. The van der Waals surface area contributed by atoms with Gasteiger partial charge in [-0.05, 0) is 42.0 Å². The zero-order valence-corrected chi connectivity index (χ0v) is 11.5. The predicted molar refractivity (Wildman–Crippen MR) is 77.9 cm³/mol. The summed E-state index contributed by atoms with van der Waals surface area (Å²) in [5.74, 6) is 0.683. The molecule has 19 heavy (non-hydrogen) atoms. The van der Waals surface area contributed by atoms with Crippen LogP contribution in [0, 0.1) is 0 Å². The molecular formula is C15H15NO2S. The largest absolute Gasteiger partial charge is 0.497 e. The first-order valence-electron chi connectivity index (χ1n) is 5.89. The molecule has 0 aliphatic carbocycles. The second-order valence-corrected chi connectivity index (χ2v) is 4.60. The van der Waals surface area contributed by atoms with E-state index in [1.165, 1.54) is 0 Å². The van der Waals surface area contributed by atoms with Crippen molar-refractivity contribution < 1.29 is 9.53 Å². The first-order valence-corrected chi connectivity index (χ1v) is 6.34. The van der Waals surface area contributed by atoms with Gasteiger partial charge in [-0.15, -0.1) is 12.6 Å². The zero-order chi connectivity index (χ0) is 13.7. The number of methoxy groups -OCH3 is 1. The second-order valence-electron chi connectivity index (χ2n) is 4.08. The minimum Gasteiger partial charge on any atom is -0.497 e. The highest BCUT2D eigenvalue weighted by Crippen LogP contribution is 2.12. The molecule has 0 bridgehead atoms. The monoisotopic (exact) mass is 273 g/mol. The molecule has 0 atom stereocenters. The molecule has 3 nitrogen and oxygen atoms in total. The smallest absolute Gasteiger partial charge is 0.251 e. The van der Waals surface area contributed by atoms with Crippen LogP contribution in [0.1, 0.15) is 15.9 Å². The van der Waals surface area contributed by atoms with Gasteiger partial charge in [-0.3, -0.25) is 4.79 Å². The van der Waals surface area contributed by atoms with Gasteiger partial charge in [0.15, 0.2) is 0 Å². The number of hydrogen-bond acceptors (Lipinski definition) is 3. The summed E-state index contributed by atoms with van der Waals surface area (Å²) in [6, 6.07) is 14.7. The Morgan fingerprint density at radius 2 is 1.95 bits per heavy atom. The van der Waals surface area contributed by atoms with Crippen molar-refractivity contribution in [2.75, 3.05) is 7.11 Å². The first kappa shape index (κ1) is 13.5. The van der Waals surface area contributed by atoms with Gasteiger partial charge >= 0.3 is 0 Å². The molecule has 0 spiro atoms. The van der Waals surface area contributed by atoms with E-state index >= 15 is 0 Å². The predicted octanol–water partition coefficient (Wildman–Crippen LogP) is 2.91. The van der Waals surface area contributed by atoms with E-state index in [9.17, 15) is 4.79 Å². The molecule has 0 radical (unpaired) electrons. The molecule has 98 valence electrons. The Kier molecular flexibility index (Phi) is 4.47. The van der Waals surface area contributed by atoms with Crippen molar-refractivity contribution in [2.24, 2.45) is 0 Å². The van der Waals surface area contributed by atoms with Crippen LogP contribution in [0.3, 0.4) is 0 Å². The Bertz CT molecular complexity index is 567. The van der Waals surface area contributed by atoms with Crippen molar-refractivity contribution in [1.82, 2.24) is 5.32 Å². The summed E-state index contributed by atoms with van der Waals surface area (Å²) in [6.45, 7) is 0.471. The average Bonchev–Trinajstić information content (AvgIpc) is 2.46. The van der Waals surface area contributed by atoms with Gasteiger partial charge in [0.1, 0.15) is 5.75 Å². The van der Waals surface area contributed by atoms with Gasteiger partial charge in [0, 0.05) is 17.0 Å². The highest BCUT2D eigenvalue weighted by molar-refractivity contribution is 7.80. The van der Waals surface area contributed by atoms with Crippen LogP contribution in [0.4, 0.5) is 0 Å². The van der Waals surface area contributed by atoms with E-state index in [1.807, 2.05) is 24.3 Å². The lowest BCUT2D eigenvalue weighted by molar-refractivity contribution is 0.0951. The highest BCUT2D eigenvalue weighted by atomic mass is 32.1. The summed E-state index contributed by atoms with van der Waals surface area (Å²) in [6.07, 6.45) is 0. The molecule has 0 unspecified atom stereocenters. The van der Waals surface area contributed by atoms with Gasteiger partial charge < -0.3 is 10.1 Å². The van der Waals surface area contributed by atoms with Crippen LogP contribution in [0.25, 0.3) is 0 Å². The molecule has 0 saturated heterocycles. The molecule has 0 saturated carbocycles. The molecule has 2 rings (SSSR count). The van der Waals surface area contributed by atoms with Gasteiger partial charge in [-0.1, -0.05) is 12.1 Å². The standard InChI is InChI=1S/C15H15NO2S/c1-18-13-4-2-3-11(9-13)10-16-15(17)12-5-7-14(19)8-6-12/h2-9,19H,10H2,1H3,(H,16,17). The lowest BCUT2D eigenvalue weighted by Crippen LogP contribution is -2.22. The molecule has 1 N–H and O–H groups in total. The molecule has 0 fully saturated rings. The van der Waals surface area contributed by atoms with Crippen LogP contribution in [0.5, 0.6) is 5.75 Å². The fourth-order valence-corrected chi connectivity index (χ4v) is 1.83. The summed E-state index contributed by atoms with van der Waals surface area (Å²) in [4.78, 5) is 12.8. The van der Waals surface area contributed by atoms with Crippen LogP contribution in [0.15, 0.2) is 53.4 Å². The lowest BCUT2D eigenvalue weighted by atomic mass is 10.2. The Morgan fingerprint density at radius 3 is 2.63 bits per heavy atom. The highest BCUT2D eigenvalue weighted by Gasteiger charge is 2.04. The van der Waals surface area contributed by atoms with Gasteiger partial charge in [-0.25, -0.2) is 0 Å². The van der Waals surface area contributed by atoms with Crippen LogP contribution in [-0.4, -0.2) is 13.0 Å². The SMILES string of the molecule is COc1cccc(CNC(=O)c2ccc(S)cc2)c1. The van der Waals surface area contributed by atoms with Crippen molar-refractivity contribution in [3.05, 3.63) is 59.7 Å². The minimum absolute atomic E-state index is 0.101. The second kappa shape index (κ2) is 6.29. The fourth-order valence-electron chi connectivity index (χ4n) is 1.68. The topological polar surface area (TPSA) is 38.3 Å². The third-order valence-corrected chi connectivity index (χ3v) is 3.01. The summed E-state index contributed by atoms with van der Waals surface area (Å²) < 4.78 is 5.14. The normalized spacial score (nSPS) is 10.0. The summed E-state index contributed by atoms with van der Waals surface area (Å²) in [5.41, 5.74) is 1.62. The van der Waals surface area contributed by atoms with E-state index in [1.54, 1.807) is 31.4 Å². The van der Waals surface area contributed by atoms with E-state index in [2.05, 4.69) is 17.9 Å². The van der Waals surface area contributed by atoms with Gasteiger partial charge in [-0.2, -0.15) is 0 Å². The van der Waals surface area contributed by atoms with Crippen molar-refractivity contribution in [3.8, 4) is 5.75 Å². The average molecular weight is 273 g/mol.